The van der Waals surface area contributed by atoms with E-state index in [9.17, 15) is 9.59 Å². The average molecular weight is 442 g/mol. The van der Waals surface area contributed by atoms with Gasteiger partial charge < -0.3 is 10.4 Å². The van der Waals surface area contributed by atoms with Gasteiger partial charge in [-0.1, -0.05) is 84.3 Å². The molecule has 176 valence electrons. The molecule has 0 saturated heterocycles. The summed E-state index contributed by atoms with van der Waals surface area (Å²) >= 11 is 1.55. The number of carboxylic acids is 1. The number of thioether (sulfide) groups is 1. The smallest absolute Gasteiger partial charge is 0.327 e. The van der Waals surface area contributed by atoms with E-state index in [1.54, 1.807) is 11.8 Å². The molecule has 0 aromatic rings. The van der Waals surface area contributed by atoms with E-state index in [-0.39, 0.29) is 5.91 Å². The first-order chi connectivity index (χ1) is 14.1. The van der Waals surface area contributed by atoms with Crippen molar-refractivity contribution in [2.75, 3.05) is 11.5 Å². The van der Waals surface area contributed by atoms with Gasteiger partial charge in [-0.05, 0) is 37.5 Å². The SMILES string of the molecule is CC(=O)NC(CSC/C=C(\C)CCCC(C)CCCC(C)CCCC(C)C)C(=O)O. The quantitative estimate of drug-likeness (QED) is 0.184. The second kappa shape index (κ2) is 17.7. The maximum Gasteiger partial charge on any atom is 0.327 e. The molecule has 0 aromatic heterocycles. The lowest BCUT2D eigenvalue weighted by Gasteiger charge is -2.15. The summed E-state index contributed by atoms with van der Waals surface area (Å²) in [6.07, 6.45) is 14.0. The molecular formula is C25H47NO3S. The van der Waals surface area contributed by atoms with Gasteiger partial charge in [0, 0.05) is 18.4 Å². The van der Waals surface area contributed by atoms with Crippen molar-refractivity contribution in [1.29, 1.82) is 0 Å². The molecule has 2 N–H and O–H groups in total. The number of carboxylic acid groups (broad SMARTS) is 1. The van der Waals surface area contributed by atoms with Crippen molar-refractivity contribution in [3.8, 4) is 0 Å². The molecule has 0 rings (SSSR count). The van der Waals surface area contributed by atoms with Gasteiger partial charge in [0.2, 0.25) is 5.91 Å². The van der Waals surface area contributed by atoms with E-state index >= 15 is 0 Å². The van der Waals surface area contributed by atoms with Crippen LogP contribution in [0.15, 0.2) is 11.6 Å². The molecule has 0 heterocycles. The summed E-state index contributed by atoms with van der Waals surface area (Å²) in [7, 11) is 0. The molecule has 0 radical (unpaired) electrons. The lowest BCUT2D eigenvalue weighted by atomic mass is 9.91. The molecule has 0 bridgehead atoms. The van der Waals surface area contributed by atoms with Crippen LogP contribution in [0.25, 0.3) is 0 Å². The van der Waals surface area contributed by atoms with Crippen molar-refractivity contribution in [2.45, 2.75) is 105 Å². The van der Waals surface area contributed by atoms with Gasteiger partial charge in [0.15, 0.2) is 0 Å². The van der Waals surface area contributed by atoms with Gasteiger partial charge in [0.05, 0.1) is 0 Å². The topological polar surface area (TPSA) is 66.4 Å². The van der Waals surface area contributed by atoms with Gasteiger partial charge in [-0.2, -0.15) is 11.8 Å². The van der Waals surface area contributed by atoms with Crippen molar-refractivity contribution in [1.82, 2.24) is 5.32 Å². The van der Waals surface area contributed by atoms with Crippen LogP contribution in [-0.2, 0) is 9.59 Å². The van der Waals surface area contributed by atoms with E-state index < -0.39 is 12.0 Å². The van der Waals surface area contributed by atoms with Gasteiger partial charge in [-0.25, -0.2) is 4.79 Å². The minimum Gasteiger partial charge on any atom is -0.480 e. The number of nitrogens with one attached hydrogen (secondary N) is 1. The predicted octanol–water partition coefficient (Wildman–Crippen LogP) is 6.69. The van der Waals surface area contributed by atoms with Crippen LogP contribution in [-0.4, -0.2) is 34.5 Å². The van der Waals surface area contributed by atoms with Crippen LogP contribution >= 0.6 is 11.8 Å². The van der Waals surface area contributed by atoms with E-state index in [0.717, 1.165) is 29.9 Å². The zero-order valence-electron chi connectivity index (χ0n) is 20.3. The minimum absolute atomic E-state index is 0.301. The first-order valence-electron chi connectivity index (χ1n) is 11.8. The second-order valence-corrected chi connectivity index (χ2v) is 10.6. The number of carbonyl (C=O) groups is 2. The monoisotopic (exact) mass is 441 g/mol. The van der Waals surface area contributed by atoms with Crippen molar-refractivity contribution < 1.29 is 14.7 Å². The van der Waals surface area contributed by atoms with Gasteiger partial charge in [0.25, 0.3) is 0 Å². The number of hydrogen-bond donors (Lipinski definition) is 2. The van der Waals surface area contributed by atoms with Gasteiger partial charge in [0.1, 0.15) is 6.04 Å². The summed E-state index contributed by atoms with van der Waals surface area (Å²) in [6, 6.07) is -0.806. The molecule has 0 aromatic carbocycles. The first kappa shape index (κ1) is 29.0. The summed E-state index contributed by atoms with van der Waals surface area (Å²) in [4.78, 5) is 22.1. The maximum atomic E-state index is 11.1. The highest BCUT2D eigenvalue weighted by Crippen LogP contribution is 2.22. The summed E-state index contributed by atoms with van der Waals surface area (Å²) in [5.41, 5.74) is 1.37. The van der Waals surface area contributed by atoms with Gasteiger partial charge in [-0.15, -0.1) is 0 Å². The number of rotatable bonds is 18. The normalized spacial score (nSPS) is 15.1. The Morgan fingerprint density at radius 3 is 1.93 bits per heavy atom. The summed E-state index contributed by atoms with van der Waals surface area (Å²) < 4.78 is 0. The maximum absolute atomic E-state index is 11.1. The molecule has 30 heavy (non-hydrogen) atoms. The number of allylic oxidation sites excluding steroid dienone is 1. The van der Waals surface area contributed by atoms with E-state index in [0.29, 0.717) is 5.75 Å². The van der Waals surface area contributed by atoms with Gasteiger partial charge in [-0.3, -0.25) is 4.79 Å². The Morgan fingerprint density at radius 1 is 0.900 bits per heavy atom. The highest BCUT2D eigenvalue weighted by Gasteiger charge is 2.17. The van der Waals surface area contributed by atoms with Crippen molar-refractivity contribution in [3.05, 3.63) is 11.6 Å². The third-order valence-corrected chi connectivity index (χ3v) is 6.62. The molecule has 0 aliphatic carbocycles. The van der Waals surface area contributed by atoms with E-state index in [2.05, 4.69) is 46.0 Å². The number of amides is 1. The molecule has 5 heteroatoms. The summed E-state index contributed by atoms with van der Waals surface area (Å²) in [5, 5.41) is 11.6. The van der Waals surface area contributed by atoms with Crippen LogP contribution in [0.4, 0.5) is 0 Å². The van der Waals surface area contributed by atoms with Crippen LogP contribution in [0.1, 0.15) is 99.3 Å². The molecule has 0 fully saturated rings. The molecular weight excluding hydrogens is 394 g/mol. The summed E-state index contributed by atoms with van der Waals surface area (Å²) in [5.74, 6) is 2.40. The fourth-order valence-electron chi connectivity index (χ4n) is 3.62. The van der Waals surface area contributed by atoms with E-state index in [4.69, 9.17) is 5.11 Å². The van der Waals surface area contributed by atoms with Crippen LogP contribution in [0.3, 0.4) is 0 Å². The zero-order chi connectivity index (χ0) is 22.9. The lowest BCUT2D eigenvalue weighted by molar-refractivity contribution is -0.140. The molecule has 1 amide bonds. The molecule has 0 spiro atoms. The highest BCUT2D eigenvalue weighted by molar-refractivity contribution is 7.99. The molecule has 3 atom stereocenters. The van der Waals surface area contributed by atoms with Crippen molar-refractivity contribution in [3.63, 3.8) is 0 Å². The summed E-state index contributed by atoms with van der Waals surface area (Å²) in [6.45, 7) is 12.9. The van der Waals surface area contributed by atoms with Crippen LogP contribution < -0.4 is 5.32 Å². The lowest BCUT2D eigenvalue weighted by Crippen LogP contribution is -2.41. The highest BCUT2D eigenvalue weighted by atomic mass is 32.2. The minimum atomic E-state index is -0.975. The Kier molecular flexibility index (Phi) is 17.1. The van der Waals surface area contributed by atoms with Gasteiger partial charge >= 0.3 is 5.97 Å². The van der Waals surface area contributed by atoms with Crippen molar-refractivity contribution in [2.24, 2.45) is 17.8 Å². The average Bonchev–Trinajstić information content (AvgIpc) is 2.63. The molecule has 4 nitrogen and oxygen atoms in total. The molecule has 0 aliphatic heterocycles. The standard InChI is InChI=1S/C25H47NO3S/c1-19(2)10-7-11-20(3)12-8-13-21(4)14-9-15-22(5)16-17-30-18-24(25(28)29)26-23(6)27/h16,19-21,24H,7-15,17-18H2,1-6H3,(H,26,27)(H,28,29)/b22-16+. The Labute approximate surface area is 190 Å². The zero-order valence-corrected chi connectivity index (χ0v) is 21.2. The Bertz CT molecular complexity index is 505. The third kappa shape index (κ3) is 17.9. The molecule has 3 unspecified atom stereocenters. The van der Waals surface area contributed by atoms with Crippen LogP contribution in [0.5, 0.6) is 0 Å². The predicted molar refractivity (Wildman–Crippen MR) is 131 cm³/mol. The Morgan fingerprint density at radius 2 is 1.43 bits per heavy atom. The molecule has 0 saturated carbocycles. The molecule has 0 aliphatic rings. The van der Waals surface area contributed by atoms with Crippen LogP contribution in [0, 0.1) is 17.8 Å². The first-order valence-corrected chi connectivity index (χ1v) is 13.0. The number of hydrogen-bond acceptors (Lipinski definition) is 3. The van der Waals surface area contributed by atoms with Crippen molar-refractivity contribution >= 4 is 23.6 Å². The third-order valence-electron chi connectivity index (χ3n) is 5.65. The number of carbonyl (C=O) groups excluding carboxylic acids is 1. The fourth-order valence-corrected chi connectivity index (χ4v) is 4.62. The Hall–Kier alpha value is -0.970. The van der Waals surface area contributed by atoms with Crippen LogP contribution in [0.2, 0.25) is 0 Å². The number of aliphatic carboxylic acids is 1. The fraction of sp³-hybridized carbons (Fsp3) is 0.840. The van der Waals surface area contributed by atoms with E-state index in [1.165, 1.54) is 63.9 Å². The van der Waals surface area contributed by atoms with E-state index in [1.807, 2.05) is 0 Å². The second-order valence-electron chi connectivity index (χ2n) is 9.54. The largest absolute Gasteiger partial charge is 0.480 e. The Balaban J connectivity index is 3.84.